The van der Waals surface area contributed by atoms with Crippen LogP contribution in [-0.4, -0.2) is 43.7 Å². The van der Waals surface area contributed by atoms with Crippen LogP contribution in [0.3, 0.4) is 0 Å². The largest absolute Gasteiger partial charge is 0.379 e. The van der Waals surface area contributed by atoms with Crippen molar-refractivity contribution < 1.29 is 4.74 Å². The van der Waals surface area contributed by atoms with Gasteiger partial charge in [-0.25, -0.2) is 0 Å². The van der Waals surface area contributed by atoms with Crippen LogP contribution < -0.4 is 5.73 Å². The van der Waals surface area contributed by atoms with Crippen molar-refractivity contribution in [1.29, 1.82) is 0 Å². The topological polar surface area (TPSA) is 50.9 Å². The summed E-state index contributed by atoms with van der Waals surface area (Å²) in [6.45, 7) is 7.05. The second-order valence-electron chi connectivity index (χ2n) is 5.12. The van der Waals surface area contributed by atoms with Gasteiger partial charge in [0.2, 0.25) is 0 Å². The predicted molar refractivity (Wildman–Crippen MR) is 87.6 cm³/mol. The minimum Gasteiger partial charge on any atom is -0.379 e. The van der Waals surface area contributed by atoms with E-state index < -0.39 is 0 Å². The van der Waals surface area contributed by atoms with Crippen LogP contribution >= 0.6 is 24.0 Å². The summed E-state index contributed by atoms with van der Waals surface area (Å²) in [5.74, 6) is 1.16. The van der Waals surface area contributed by atoms with Crippen LogP contribution in [0.5, 0.6) is 0 Å². The number of halogens is 1. The van der Waals surface area contributed by atoms with Crippen LogP contribution in [0.2, 0.25) is 0 Å². The van der Waals surface area contributed by atoms with Crippen LogP contribution in [0.4, 0.5) is 0 Å². The zero-order chi connectivity index (χ0) is 12.7. The van der Waals surface area contributed by atoms with Gasteiger partial charge in [0, 0.05) is 20.2 Å². The summed E-state index contributed by atoms with van der Waals surface area (Å²) in [5, 5.41) is 0. The second-order valence-corrected chi connectivity index (χ2v) is 5.12. The Labute approximate surface area is 128 Å². The molecule has 4 nitrogen and oxygen atoms in total. The lowest BCUT2D eigenvalue weighted by molar-refractivity contribution is 0.0722. The van der Waals surface area contributed by atoms with Gasteiger partial charge in [0.25, 0.3) is 0 Å². The van der Waals surface area contributed by atoms with Gasteiger partial charge in [-0.3, -0.25) is 4.99 Å². The number of nitrogens with two attached hydrogens (primary N) is 1. The van der Waals surface area contributed by atoms with Crippen molar-refractivity contribution in [2.24, 2.45) is 16.6 Å². The monoisotopic (exact) mass is 369 g/mol. The second kappa shape index (κ2) is 9.83. The van der Waals surface area contributed by atoms with Crippen LogP contribution in [0.25, 0.3) is 0 Å². The lowest BCUT2D eigenvalue weighted by atomic mass is 10.1. The van der Waals surface area contributed by atoms with Crippen molar-refractivity contribution in [1.82, 2.24) is 4.90 Å². The van der Waals surface area contributed by atoms with Gasteiger partial charge in [-0.15, -0.1) is 24.0 Å². The standard InChI is InChI=1S/C13H27N3O.HI/c1-11(2)12(17-3)10-15-13(14)16-8-6-4-5-7-9-16;/h11-12H,4-10H2,1-3H3,(H2,14,15);1H. The first-order valence-electron chi connectivity index (χ1n) is 6.72. The van der Waals surface area contributed by atoms with Gasteiger partial charge in [0.15, 0.2) is 5.96 Å². The Hall–Kier alpha value is -0.0400. The quantitative estimate of drug-likeness (QED) is 0.471. The molecule has 1 fully saturated rings. The first-order valence-corrected chi connectivity index (χ1v) is 6.72. The smallest absolute Gasteiger partial charge is 0.191 e. The molecule has 0 spiro atoms. The Bertz CT molecular complexity index is 238. The summed E-state index contributed by atoms with van der Waals surface area (Å²) in [6, 6.07) is 0. The molecular weight excluding hydrogens is 341 g/mol. The van der Waals surface area contributed by atoms with Crippen molar-refractivity contribution in [2.75, 3.05) is 26.7 Å². The number of aliphatic imine (C=N–C) groups is 1. The van der Waals surface area contributed by atoms with Gasteiger partial charge in [0.1, 0.15) is 0 Å². The van der Waals surface area contributed by atoms with E-state index in [1.54, 1.807) is 7.11 Å². The maximum absolute atomic E-state index is 6.04. The number of hydrogen-bond donors (Lipinski definition) is 1. The Kier molecular flexibility index (Phi) is 9.81. The van der Waals surface area contributed by atoms with Crippen LogP contribution in [0, 0.1) is 5.92 Å². The molecule has 1 aliphatic heterocycles. The Morgan fingerprint density at radius 1 is 1.22 bits per heavy atom. The van der Waals surface area contributed by atoms with E-state index in [0.29, 0.717) is 18.4 Å². The molecule has 108 valence electrons. The molecule has 0 radical (unpaired) electrons. The van der Waals surface area contributed by atoms with E-state index in [-0.39, 0.29) is 30.1 Å². The third-order valence-electron chi connectivity index (χ3n) is 3.41. The molecule has 1 saturated heterocycles. The van der Waals surface area contributed by atoms with Gasteiger partial charge in [-0.2, -0.15) is 0 Å². The number of nitrogens with zero attached hydrogens (tertiary/aromatic N) is 2. The van der Waals surface area contributed by atoms with Gasteiger partial charge in [-0.05, 0) is 18.8 Å². The molecule has 2 N–H and O–H groups in total. The lowest BCUT2D eigenvalue weighted by Gasteiger charge is -2.22. The molecule has 1 heterocycles. The van der Waals surface area contributed by atoms with E-state index in [9.17, 15) is 0 Å². The zero-order valence-corrected chi connectivity index (χ0v) is 14.2. The SMILES string of the molecule is COC(CN=C(N)N1CCCCCC1)C(C)C.I. The first-order chi connectivity index (χ1) is 8.15. The third-order valence-corrected chi connectivity index (χ3v) is 3.41. The highest BCUT2D eigenvalue weighted by molar-refractivity contribution is 14.0. The van der Waals surface area contributed by atoms with Gasteiger partial charge < -0.3 is 15.4 Å². The molecule has 18 heavy (non-hydrogen) atoms. The summed E-state index contributed by atoms with van der Waals surface area (Å²) in [6.07, 6.45) is 5.26. The summed E-state index contributed by atoms with van der Waals surface area (Å²) >= 11 is 0. The molecule has 0 aromatic rings. The van der Waals surface area contributed by atoms with Crippen LogP contribution in [0.15, 0.2) is 4.99 Å². The van der Waals surface area contributed by atoms with Crippen molar-refractivity contribution in [2.45, 2.75) is 45.6 Å². The van der Waals surface area contributed by atoms with Gasteiger partial charge >= 0.3 is 0 Å². The fraction of sp³-hybridized carbons (Fsp3) is 0.923. The molecule has 0 saturated carbocycles. The number of ether oxygens (including phenoxy) is 1. The molecule has 0 bridgehead atoms. The number of hydrogen-bond acceptors (Lipinski definition) is 2. The van der Waals surface area contributed by atoms with E-state index in [4.69, 9.17) is 10.5 Å². The molecule has 0 aromatic heterocycles. The van der Waals surface area contributed by atoms with E-state index >= 15 is 0 Å². The van der Waals surface area contributed by atoms with E-state index in [0.717, 1.165) is 13.1 Å². The van der Waals surface area contributed by atoms with Crippen molar-refractivity contribution in [3.63, 3.8) is 0 Å². The maximum atomic E-state index is 6.04. The summed E-state index contributed by atoms with van der Waals surface area (Å²) in [4.78, 5) is 6.69. The normalized spacial score (nSPS) is 19.3. The lowest BCUT2D eigenvalue weighted by Crippen LogP contribution is -2.39. The number of rotatable bonds is 4. The average molecular weight is 369 g/mol. The molecule has 1 rings (SSSR count). The van der Waals surface area contributed by atoms with E-state index in [1.165, 1.54) is 25.7 Å². The summed E-state index contributed by atoms with van der Waals surface area (Å²) in [5.41, 5.74) is 6.04. The zero-order valence-electron chi connectivity index (χ0n) is 11.9. The summed E-state index contributed by atoms with van der Waals surface area (Å²) < 4.78 is 5.39. The molecule has 0 aliphatic carbocycles. The molecule has 1 aliphatic rings. The number of likely N-dealkylation sites (tertiary alicyclic amines) is 1. The first kappa shape index (κ1) is 18.0. The van der Waals surface area contributed by atoms with E-state index in [1.807, 2.05) is 0 Å². The van der Waals surface area contributed by atoms with Crippen molar-refractivity contribution in [3.8, 4) is 0 Å². The molecule has 1 unspecified atom stereocenters. The van der Waals surface area contributed by atoms with Gasteiger partial charge in [0.05, 0.1) is 12.6 Å². The Morgan fingerprint density at radius 2 is 1.78 bits per heavy atom. The minimum absolute atomic E-state index is 0. The van der Waals surface area contributed by atoms with Crippen molar-refractivity contribution in [3.05, 3.63) is 0 Å². The average Bonchev–Trinajstić information content (AvgIpc) is 2.57. The highest BCUT2D eigenvalue weighted by Crippen LogP contribution is 2.10. The van der Waals surface area contributed by atoms with E-state index in [2.05, 4.69) is 23.7 Å². The highest BCUT2D eigenvalue weighted by Gasteiger charge is 2.14. The number of guanidine groups is 1. The maximum Gasteiger partial charge on any atom is 0.191 e. The molecular formula is C13H28IN3O. The van der Waals surface area contributed by atoms with Gasteiger partial charge in [-0.1, -0.05) is 26.7 Å². The van der Waals surface area contributed by atoms with Crippen molar-refractivity contribution >= 4 is 29.9 Å². The van der Waals surface area contributed by atoms with Crippen LogP contribution in [0.1, 0.15) is 39.5 Å². The fourth-order valence-electron chi connectivity index (χ4n) is 2.14. The minimum atomic E-state index is 0. The fourth-order valence-corrected chi connectivity index (χ4v) is 2.14. The predicted octanol–water partition coefficient (Wildman–Crippen LogP) is 2.47. The Balaban J connectivity index is 0.00000289. The molecule has 0 aromatic carbocycles. The highest BCUT2D eigenvalue weighted by atomic mass is 127. The van der Waals surface area contributed by atoms with Crippen LogP contribution in [-0.2, 0) is 4.74 Å². The molecule has 0 amide bonds. The number of methoxy groups -OCH3 is 1. The molecule has 1 atom stereocenters. The Morgan fingerprint density at radius 3 is 2.22 bits per heavy atom. The summed E-state index contributed by atoms with van der Waals surface area (Å²) in [7, 11) is 1.74. The third kappa shape index (κ3) is 6.22. The molecule has 5 heteroatoms.